The van der Waals surface area contributed by atoms with Gasteiger partial charge in [0.2, 0.25) is 0 Å². The Kier molecular flexibility index (Phi) is 6.61. The van der Waals surface area contributed by atoms with Gasteiger partial charge in [-0.1, -0.05) is 44.5 Å². The van der Waals surface area contributed by atoms with Crippen LogP contribution < -0.4 is 10.6 Å². The third-order valence-electron chi connectivity index (χ3n) is 6.09. The average molecular weight is 381 g/mol. The maximum atomic E-state index is 12.2. The molecule has 3 N–H and O–H groups in total. The summed E-state index contributed by atoms with van der Waals surface area (Å²) in [4.78, 5) is 12.2. The average Bonchev–Trinajstić information content (AvgIpc) is 2.72. The third kappa shape index (κ3) is 4.67. The SMILES string of the molecule is CNc1ccc([C@H]2CCCC(CNc3ccc(C(C)C)cc3)C2C(=O)O)cc1. The van der Waals surface area contributed by atoms with Crippen molar-refractivity contribution >= 4 is 17.3 Å². The number of nitrogens with one attached hydrogen (secondary N) is 2. The minimum atomic E-state index is -0.677. The molecule has 4 heteroatoms. The van der Waals surface area contributed by atoms with Crippen molar-refractivity contribution in [2.24, 2.45) is 11.8 Å². The van der Waals surface area contributed by atoms with Gasteiger partial charge in [-0.15, -0.1) is 0 Å². The predicted molar refractivity (Wildman–Crippen MR) is 116 cm³/mol. The molecule has 3 atom stereocenters. The highest BCUT2D eigenvalue weighted by Crippen LogP contribution is 2.42. The number of rotatable bonds is 7. The fourth-order valence-corrected chi connectivity index (χ4v) is 4.40. The highest BCUT2D eigenvalue weighted by molar-refractivity contribution is 5.72. The lowest BCUT2D eigenvalue weighted by Gasteiger charge is -2.36. The van der Waals surface area contributed by atoms with E-state index in [0.717, 1.165) is 36.2 Å². The largest absolute Gasteiger partial charge is 0.481 e. The molecule has 0 bridgehead atoms. The van der Waals surface area contributed by atoms with E-state index in [2.05, 4.69) is 60.9 Å². The van der Waals surface area contributed by atoms with Gasteiger partial charge in [0.25, 0.3) is 0 Å². The van der Waals surface area contributed by atoms with Crippen LogP contribution in [0.25, 0.3) is 0 Å². The van der Waals surface area contributed by atoms with Gasteiger partial charge in [0.1, 0.15) is 0 Å². The Morgan fingerprint density at radius 3 is 2.25 bits per heavy atom. The number of carboxylic acid groups (broad SMARTS) is 1. The standard InChI is InChI=1S/C24H32N2O2/c1-16(2)17-7-13-21(14-8-17)26-15-19-5-4-6-22(23(19)24(27)28)18-9-11-20(25-3)12-10-18/h7-14,16,19,22-23,25-26H,4-6,15H2,1-3H3,(H,27,28)/t19?,22-,23?/m1/s1. The molecule has 4 nitrogen and oxygen atoms in total. The van der Waals surface area contributed by atoms with Crippen molar-refractivity contribution in [3.63, 3.8) is 0 Å². The van der Waals surface area contributed by atoms with Gasteiger partial charge in [0.05, 0.1) is 5.92 Å². The summed E-state index contributed by atoms with van der Waals surface area (Å²) in [5.74, 6) is -0.308. The van der Waals surface area contributed by atoms with Gasteiger partial charge in [-0.05, 0) is 66.0 Å². The third-order valence-corrected chi connectivity index (χ3v) is 6.09. The molecular weight excluding hydrogens is 348 g/mol. The van der Waals surface area contributed by atoms with E-state index in [1.54, 1.807) is 0 Å². The monoisotopic (exact) mass is 380 g/mol. The van der Waals surface area contributed by atoms with Gasteiger partial charge < -0.3 is 15.7 Å². The van der Waals surface area contributed by atoms with Crippen LogP contribution in [0.4, 0.5) is 11.4 Å². The smallest absolute Gasteiger partial charge is 0.307 e. The lowest BCUT2D eigenvalue weighted by Crippen LogP contribution is -2.36. The van der Waals surface area contributed by atoms with E-state index >= 15 is 0 Å². The van der Waals surface area contributed by atoms with Crippen molar-refractivity contribution in [3.8, 4) is 0 Å². The lowest BCUT2D eigenvalue weighted by molar-refractivity contribution is -0.145. The highest BCUT2D eigenvalue weighted by Gasteiger charge is 2.39. The molecule has 2 aromatic rings. The zero-order chi connectivity index (χ0) is 20.1. The van der Waals surface area contributed by atoms with Crippen molar-refractivity contribution in [2.75, 3.05) is 24.2 Å². The minimum Gasteiger partial charge on any atom is -0.481 e. The summed E-state index contributed by atoms with van der Waals surface area (Å²) in [6.07, 6.45) is 2.97. The lowest BCUT2D eigenvalue weighted by atomic mass is 9.69. The summed E-state index contributed by atoms with van der Waals surface area (Å²) in [5.41, 5.74) is 4.57. The van der Waals surface area contributed by atoms with E-state index in [1.807, 2.05) is 19.2 Å². The van der Waals surface area contributed by atoms with Gasteiger partial charge in [0.15, 0.2) is 0 Å². The summed E-state index contributed by atoms with van der Waals surface area (Å²) in [6.45, 7) is 5.07. The zero-order valence-corrected chi connectivity index (χ0v) is 17.1. The Morgan fingerprint density at radius 2 is 1.68 bits per heavy atom. The Morgan fingerprint density at radius 1 is 1.04 bits per heavy atom. The number of benzene rings is 2. The van der Waals surface area contributed by atoms with Crippen molar-refractivity contribution in [1.29, 1.82) is 0 Å². The van der Waals surface area contributed by atoms with E-state index in [0.29, 0.717) is 12.5 Å². The summed E-state index contributed by atoms with van der Waals surface area (Å²) < 4.78 is 0. The molecule has 3 rings (SSSR count). The zero-order valence-electron chi connectivity index (χ0n) is 17.1. The molecule has 1 aliphatic rings. The second-order valence-corrected chi connectivity index (χ2v) is 8.19. The highest BCUT2D eigenvalue weighted by atomic mass is 16.4. The van der Waals surface area contributed by atoms with Crippen LogP contribution in [-0.2, 0) is 4.79 Å². The second-order valence-electron chi connectivity index (χ2n) is 8.19. The molecule has 0 radical (unpaired) electrons. The number of hydrogen-bond acceptors (Lipinski definition) is 3. The van der Waals surface area contributed by atoms with Gasteiger partial charge in [-0.3, -0.25) is 4.79 Å². The number of hydrogen-bond donors (Lipinski definition) is 3. The first kappa shape index (κ1) is 20.2. The van der Waals surface area contributed by atoms with Crippen LogP contribution in [0.2, 0.25) is 0 Å². The van der Waals surface area contributed by atoms with Crippen LogP contribution in [0.3, 0.4) is 0 Å². The number of aliphatic carboxylic acids is 1. The molecular formula is C24H32N2O2. The summed E-state index contributed by atoms with van der Waals surface area (Å²) >= 11 is 0. The molecule has 2 unspecified atom stereocenters. The van der Waals surface area contributed by atoms with Crippen LogP contribution in [0.5, 0.6) is 0 Å². The molecule has 0 aliphatic heterocycles. The van der Waals surface area contributed by atoms with Crippen LogP contribution in [0.1, 0.15) is 56.1 Å². The molecule has 0 heterocycles. The Bertz CT molecular complexity index is 768. The normalized spacial score (nSPS) is 22.1. The van der Waals surface area contributed by atoms with Gasteiger partial charge in [0, 0.05) is 25.0 Å². The molecule has 2 aromatic carbocycles. The van der Waals surface area contributed by atoms with E-state index in [1.165, 1.54) is 5.56 Å². The molecule has 1 fully saturated rings. The van der Waals surface area contributed by atoms with Crippen molar-refractivity contribution < 1.29 is 9.90 Å². The number of carboxylic acids is 1. The van der Waals surface area contributed by atoms with Crippen molar-refractivity contribution in [2.45, 2.75) is 44.9 Å². The topological polar surface area (TPSA) is 61.4 Å². The fourth-order valence-electron chi connectivity index (χ4n) is 4.40. The first-order valence-corrected chi connectivity index (χ1v) is 10.3. The minimum absolute atomic E-state index is 0.0762. The fraction of sp³-hybridized carbons (Fsp3) is 0.458. The van der Waals surface area contributed by atoms with E-state index in [9.17, 15) is 9.90 Å². The van der Waals surface area contributed by atoms with Crippen LogP contribution in [0.15, 0.2) is 48.5 Å². The maximum absolute atomic E-state index is 12.2. The summed E-state index contributed by atoms with van der Waals surface area (Å²) in [5, 5.41) is 16.6. The Labute approximate surface area is 168 Å². The van der Waals surface area contributed by atoms with E-state index in [-0.39, 0.29) is 17.8 Å². The number of carbonyl (C=O) groups is 1. The van der Waals surface area contributed by atoms with Crippen LogP contribution in [0, 0.1) is 11.8 Å². The van der Waals surface area contributed by atoms with Crippen LogP contribution >= 0.6 is 0 Å². The quantitative estimate of drug-likeness (QED) is 0.589. The molecule has 1 aliphatic carbocycles. The van der Waals surface area contributed by atoms with E-state index < -0.39 is 5.97 Å². The maximum Gasteiger partial charge on any atom is 0.307 e. The number of anilines is 2. The molecule has 1 saturated carbocycles. The molecule has 0 spiro atoms. The van der Waals surface area contributed by atoms with Gasteiger partial charge in [-0.25, -0.2) is 0 Å². The van der Waals surface area contributed by atoms with Crippen LogP contribution in [-0.4, -0.2) is 24.7 Å². The summed E-state index contributed by atoms with van der Waals surface area (Å²) in [6, 6.07) is 16.7. The van der Waals surface area contributed by atoms with Crippen molar-refractivity contribution in [3.05, 3.63) is 59.7 Å². The summed E-state index contributed by atoms with van der Waals surface area (Å²) in [7, 11) is 1.89. The molecule has 150 valence electrons. The first-order valence-electron chi connectivity index (χ1n) is 10.3. The Hall–Kier alpha value is -2.49. The van der Waals surface area contributed by atoms with Crippen molar-refractivity contribution in [1.82, 2.24) is 0 Å². The second kappa shape index (κ2) is 9.13. The molecule has 0 amide bonds. The van der Waals surface area contributed by atoms with Gasteiger partial charge in [-0.2, -0.15) is 0 Å². The predicted octanol–water partition coefficient (Wildman–Crippen LogP) is 5.55. The Balaban J connectivity index is 1.71. The van der Waals surface area contributed by atoms with Gasteiger partial charge >= 0.3 is 5.97 Å². The molecule has 0 saturated heterocycles. The van der Waals surface area contributed by atoms with E-state index in [4.69, 9.17) is 0 Å². The first-order chi connectivity index (χ1) is 13.5. The molecule has 28 heavy (non-hydrogen) atoms. The molecule has 0 aromatic heterocycles.